The standard InChI is InChI=1S/C36H58O5S2/c1-32(2,3)24-16-22(17-25(30(24)39)33(4,5)6)42-36(13,14)43-23-18-26(34(7,8)9)31(27(19-23)35(10,11)12)41-21-29(38)28(37)20-40-15/h16-19,28-29,37-39H,20-21H2,1-15H3/t28-,29-/m0/s1. The highest BCUT2D eigenvalue weighted by molar-refractivity contribution is 8.18. The third-order valence-corrected chi connectivity index (χ3v) is 9.71. The first kappa shape index (κ1) is 37.8. The maximum Gasteiger partial charge on any atom is 0.126 e. The number of benzene rings is 2. The van der Waals surface area contributed by atoms with Crippen molar-refractivity contribution in [3.63, 3.8) is 0 Å². The number of hydrogen-bond acceptors (Lipinski definition) is 7. The third kappa shape index (κ3) is 10.3. The van der Waals surface area contributed by atoms with Gasteiger partial charge in [-0.1, -0.05) is 83.1 Å². The summed E-state index contributed by atoms with van der Waals surface area (Å²) in [4.78, 5) is 2.28. The largest absolute Gasteiger partial charge is 0.507 e. The van der Waals surface area contributed by atoms with E-state index in [0.29, 0.717) is 5.75 Å². The van der Waals surface area contributed by atoms with Gasteiger partial charge in [0.15, 0.2) is 0 Å². The third-order valence-electron chi connectivity index (χ3n) is 7.29. The molecule has 0 bridgehead atoms. The molecule has 0 saturated carbocycles. The normalized spacial score (nSPS) is 15.0. The fourth-order valence-corrected chi connectivity index (χ4v) is 7.48. The van der Waals surface area contributed by atoms with Gasteiger partial charge in [0.25, 0.3) is 0 Å². The molecule has 0 aromatic heterocycles. The monoisotopic (exact) mass is 634 g/mol. The summed E-state index contributed by atoms with van der Waals surface area (Å²) in [5, 5.41) is 32.0. The molecule has 2 aromatic rings. The lowest BCUT2D eigenvalue weighted by atomic mass is 9.79. The van der Waals surface area contributed by atoms with Crippen LogP contribution in [0.25, 0.3) is 0 Å². The highest BCUT2D eigenvalue weighted by Crippen LogP contribution is 2.51. The van der Waals surface area contributed by atoms with Crippen molar-refractivity contribution in [2.45, 2.75) is 145 Å². The average Bonchev–Trinajstić information content (AvgIpc) is 2.80. The van der Waals surface area contributed by atoms with Gasteiger partial charge in [-0.2, -0.15) is 0 Å². The molecule has 0 fully saturated rings. The van der Waals surface area contributed by atoms with Crippen molar-refractivity contribution < 1.29 is 24.8 Å². The van der Waals surface area contributed by atoms with Gasteiger partial charge < -0.3 is 24.8 Å². The average molecular weight is 635 g/mol. The zero-order chi connectivity index (χ0) is 33.3. The Morgan fingerprint density at radius 1 is 0.581 bits per heavy atom. The van der Waals surface area contributed by atoms with Crippen molar-refractivity contribution in [3.8, 4) is 11.5 Å². The molecular weight excluding hydrogens is 577 g/mol. The number of rotatable bonds is 10. The van der Waals surface area contributed by atoms with E-state index in [9.17, 15) is 15.3 Å². The molecule has 43 heavy (non-hydrogen) atoms. The van der Waals surface area contributed by atoms with Crippen LogP contribution in [-0.4, -0.2) is 51.9 Å². The lowest BCUT2D eigenvalue weighted by molar-refractivity contribution is -0.0437. The summed E-state index contributed by atoms with van der Waals surface area (Å²) in [6.07, 6.45) is -2.09. The quantitative estimate of drug-likeness (QED) is 0.178. The Labute approximate surface area is 270 Å². The molecule has 0 aliphatic carbocycles. The fraction of sp³-hybridized carbons (Fsp3) is 0.667. The van der Waals surface area contributed by atoms with Crippen molar-refractivity contribution in [1.29, 1.82) is 0 Å². The Kier molecular flexibility index (Phi) is 11.9. The zero-order valence-electron chi connectivity index (χ0n) is 29.4. The molecule has 0 radical (unpaired) electrons. The van der Waals surface area contributed by atoms with Gasteiger partial charge in [-0.05, 0) is 59.8 Å². The van der Waals surface area contributed by atoms with E-state index in [2.05, 4.69) is 121 Å². The SMILES string of the molecule is COC[C@H](O)[C@@H](O)COc1c(C(C)(C)C)cc(SC(C)(C)Sc2cc(C(C)(C)C)c(O)c(C(C)(C)C)c2)cc1C(C)(C)C. The number of aliphatic hydroxyl groups excluding tert-OH is 2. The molecule has 2 aromatic carbocycles. The molecule has 0 aliphatic heterocycles. The van der Waals surface area contributed by atoms with E-state index in [1.165, 1.54) is 7.11 Å². The summed E-state index contributed by atoms with van der Waals surface area (Å²) in [7, 11) is 1.50. The van der Waals surface area contributed by atoms with Crippen molar-refractivity contribution in [2.75, 3.05) is 20.3 Å². The van der Waals surface area contributed by atoms with Gasteiger partial charge in [-0.15, -0.1) is 23.5 Å². The number of methoxy groups -OCH3 is 1. The van der Waals surface area contributed by atoms with Gasteiger partial charge in [0.2, 0.25) is 0 Å². The number of phenolic OH excluding ortho intramolecular Hbond substituents is 1. The Balaban J connectivity index is 2.58. The van der Waals surface area contributed by atoms with Crippen molar-refractivity contribution in [3.05, 3.63) is 46.5 Å². The second-order valence-corrected chi connectivity index (χ2v) is 19.9. The van der Waals surface area contributed by atoms with E-state index in [1.54, 1.807) is 0 Å². The van der Waals surface area contributed by atoms with E-state index in [-0.39, 0.29) is 39.0 Å². The minimum Gasteiger partial charge on any atom is -0.507 e. The lowest BCUT2D eigenvalue weighted by Crippen LogP contribution is -2.35. The molecule has 2 rings (SSSR count). The molecule has 0 aliphatic rings. The van der Waals surface area contributed by atoms with Gasteiger partial charge in [0.05, 0.1) is 10.7 Å². The summed E-state index contributed by atoms with van der Waals surface area (Å²) in [5.74, 6) is 1.16. The highest BCUT2D eigenvalue weighted by atomic mass is 32.2. The lowest BCUT2D eigenvalue weighted by Gasteiger charge is -2.33. The molecule has 0 unspecified atom stereocenters. The Hall–Kier alpha value is -1.38. The number of ether oxygens (including phenoxy) is 2. The van der Waals surface area contributed by atoms with Gasteiger partial charge >= 0.3 is 0 Å². The molecule has 0 amide bonds. The van der Waals surface area contributed by atoms with Crippen LogP contribution >= 0.6 is 23.5 Å². The van der Waals surface area contributed by atoms with E-state index in [4.69, 9.17) is 9.47 Å². The fourth-order valence-electron chi connectivity index (χ4n) is 4.89. The van der Waals surface area contributed by atoms with E-state index in [1.807, 2.05) is 23.5 Å². The second kappa shape index (κ2) is 13.5. The van der Waals surface area contributed by atoms with Crippen LogP contribution in [0.15, 0.2) is 34.1 Å². The predicted molar refractivity (Wildman–Crippen MR) is 185 cm³/mol. The van der Waals surface area contributed by atoms with Crippen molar-refractivity contribution in [2.24, 2.45) is 0 Å². The van der Waals surface area contributed by atoms with Gasteiger partial charge in [-0.3, -0.25) is 0 Å². The summed E-state index contributed by atoms with van der Waals surface area (Å²) in [6.45, 7) is 30.4. The molecule has 0 heterocycles. The van der Waals surface area contributed by atoms with Gasteiger partial charge in [0.1, 0.15) is 30.3 Å². The van der Waals surface area contributed by atoms with Crippen LogP contribution in [0.1, 0.15) is 119 Å². The molecule has 2 atom stereocenters. The number of aliphatic hydroxyl groups is 2. The topological polar surface area (TPSA) is 79.2 Å². The molecule has 0 saturated heterocycles. The second-order valence-electron chi connectivity index (χ2n) is 16.2. The summed E-state index contributed by atoms with van der Waals surface area (Å²) in [5.41, 5.74) is 3.23. The summed E-state index contributed by atoms with van der Waals surface area (Å²) >= 11 is 3.63. The molecule has 244 valence electrons. The Bertz CT molecular complexity index is 1170. The number of thioether (sulfide) groups is 2. The number of hydrogen-bond donors (Lipinski definition) is 3. The first-order chi connectivity index (χ1) is 19.3. The van der Waals surface area contributed by atoms with Crippen molar-refractivity contribution in [1.82, 2.24) is 0 Å². The van der Waals surface area contributed by atoms with E-state index < -0.39 is 12.2 Å². The Morgan fingerprint density at radius 3 is 1.23 bits per heavy atom. The maximum absolute atomic E-state index is 11.2. The first-order valence-corrected chi connectivity index (χ1v) is 16.8. The van der Waals surface area contributed by atoms with Gasteiger partial charge in [0, 0.05) is 39.2 Å². The van der Waals surface area contributed by atoms with Crippen LogP contribution < -0.4 is 4.74 Å². The minimum atomic E-state index is -1.06. The first-order valence-electron chi connectivity index (χ1n) is 15.2. The smallest absolute Gasteiger partial charge is 0.126 e. The van der Waals surface area contributed by atoms with Crippen LogP contribution in [0.4, 0.5) is 0 Å². The van der Waals surface area contributed by atoms with Crippen LogP contribution in [-0.2, 0) is 26.4 Å². The molecule has 7 heteroatoms. The predicted octanol–water partition coefficient (Wildman–Crippen LogP) is 8.95. The maximum atomic E-state index is 11.2. The number of aromatic hydroxyl groups is 1. The van der Waals surface area contributed by atoms with Crippen LogP contribution in [0.5, 0.6) is 11.5 Å². The highest BCUT2D eigenvalue weighted by Gasteiger charge is 2.32. The summed E-state index contributed by atoms with van der Waals surface area (Å²) < 4.78 is 11.1. The minimum absolute atomic E-state index is 0.0302. The molecule has 3 N–H and O–H groups in total. The molecular formula is C36H58O5S2. The van der Waals surface area contributed by atoms with Crippen LogP contribution in [0.3, 0.4) is 0 Å². The van der Waals surface area contributed by atoms with Crippen LogP contribution in [0, 0.1) is 0 Å². The van der Waals surface area contributed by atoms with Gasteiger partial charge in [-0.25, -0.2) is 0 Å². The molecule has 0 spiro atoms. The van der Waals surface area contributed by atoms with E-state index in [0.717, 1.165) is 37.8 Å². The van der Waals surface area contributed by atoms with E-state index >= 15 is 0 Å². The summed E-state index contributed by atoms with van der Waals surface area (Å²) in [6, 6.07) is 8.74. The zero-order valence-corrected chi connectivity index (χ0v) is 31.0. The van der Waals surface area contributed by atoms with Crippen molar-refractivity contribution >= 4 is 23.5 Å². The van der Waals surface area contributed by atoms with Crippen LogP contribution in [0.2, 0.25) is 0 Å². The number of phenols is 1. The Morgan fingerprint density at radius 2 is 0.907 bits per heavy atom. The molecule has 5 nitrogen and oxygen atoms in total.